The molecule has 0 aliphatic heterocycles. The molecule has 1 nitrogen and oxygen atoms in total. The van der Waals surface area contributed by atoms with Crippen LogP contribution in [0.15, 0.2) is 0 Å². The lowest BCUT2D eigenvalue weighted by molar-refractivity contribution is 0.304. The Bertz CT molecular complexity index is 253. The molecule has 0 bridgehead atoms. The fourth-order valence-corrected chi connectivity index (χ4v) is 4.35. The summed E-state index contributed by atoms with van der Waals surface area (Å²) in [4.78, 5) is 0.0726. The summed E-state index contributed by atoms with van der Waals surface area (Å²) in [6, 6.07) is 0. The lowest BCUT2D eigenvalue weighted by Crippen LogP contribution is -2.30. The highest BCUT2D eigenvalue weighted by Crippen LogP contribution is 2.39. The Kier molecular flexibility index (Phi) is 21.9. The van der Waals surface area contributed by atoms with Crippen LogP contribution in [-0.4, -0.2) is 4.87 Å². The van der Waals surface area contributed by atoms with Crippen LogP contribution in [0.4, 0.5) is 0 Å². The summed E-state index contributed by atoms with van der Waals surface area (Å²) in [5, 5.41) is 0. The van der Waals surface area contributed by atoms with Crippen molar-refractivity contribution in [1.82, 2.24) is 6.15 Å². The van der Waals surface area contributed by atoms with Gasteiger partial charge in [-0.3, -0.25) is 0 Å². The molecule has 0 saturated carbocycles. The summed E-state index contributed by atoms with van der Waals surface area (Å²) in [7, 11) is 0. The number of unbranched alkanes of at least 4 members (excludes halogenated alkanes) is 12. The van der Waals surface area contributed by atoms with Crippen molar-refractivity contribution in [3.63, 3.8) is 0 Å². The molecule has 0 radical (unpaired) electrons. The van der Waals surface area contributed by atoms with Gasteiger partial charge in [0.1, 0.15) is 0 Å². The molecule has 2 heteroatoms. The van der Waals surface area contributed by atoms with Crippen molar-refractivity contribution in [1.29, 1.82) is 0 Å². The molecule has 0 spiro atoms. The third-order valence-electron chi connectivity index (χ3n) is 6.02. The maximum absolute atomic E-state index is 7.26. The minimum Gasteiger partial charge on any atom is -0.344 e. The van der Waals surface area contributed by atoms with E-state index in [9.17, 15) is 0 Å². The summed E-state index contributed by atoms with van der Waals surface area (Å²) in [5.41, 5.74) is 0. The topological polar surface area (TPSA) is 35.0 Å². The molecule has 160 valence electrons. The van der Waals surface area contributed by atoms with Crippen LogP contribution in [0, 0.1) is 5.92 Å². The third kappa shape index (κ3) is 15.3. The first kappa shape index (κ1) is 28.5. The van der Waals surface area contributed by atoms with Crippen molar-refractivity contribution in [2.24, 2.45) is 5.92 Å². The summed E-state index contributed by atoms with van der Waals surface area (Å²) >= 11 is 7.26. The third-order valence-corrected chi connectivity index (χ3v) is 6.77. The van der Waals surface area contributed by atoms with Crippen molar-refractivity contribution >= 4 is 11.6 Å². The summed E-state index contributed by atoms with van der Waals surface area (Å²) < 4.78 is 0. The van der Waals surface area contributed by atoms with Gasteiger partial charge >= 0.3 is 0 Å². The molecule has 1 unspecified atom stereocenters. The van der Waals surface area contributed by atoms with Crippen LogP contribution in [0.3, 0.4) is 0 Å². The molecule has 0 rings (SSSR count). The van der Waals surface area contributed by atoms with Crippen LogP contribution in [0.5, 0.6) is 0 Å². The van der Waals surface area contributed by atoms with E-state index in [0.29, 0.717) is 5.92 Å². The molecule has 0 aliphatic rings. The minimum atomic E-state index is 0. The molecular weight excluding hydrogens is 338 g/mol. The Morgan fingerprint density at radius 3 is 1.31 bits per heavy atom. The Balaban J connectivity index is 0. The van der Waals surface area contributed by atoms with Gasteiger partial charge in [0.15, 0.2) is 0 Å². The molecule has 0 amide bonds. The van der Waals surface area contributed by atoms with Crippen molar-refractivity contribution in [3.8, 4) is 0 Å². The van der Waals surface area contributed by atoms with E-state index >= 15 is 0 Å². The highest BCUT2D eigenvalue weighted by atomic mass is 35.5. The fourth-order valence-electron chi connectivity index (χ4n) is 3.98. The van der Waals surface area contributed by atoms with Crippen LogP contribution >= 0.6 is 11.6 Å². The molecule has 0 aromatic rings. The minimum absolute atomic E-state index is 0. The van der Waals surface area contributed by atoms with Crippen molar-refractivity contribution < 1.29 is 0 Å². The van der Waals surface area contributed by atoms with Gasteiger partial charge in [-0.1, -0.05) is 124 Å². The second-order valence-electron chi connectivity index (χ2n) is 8.47. The smallest absolute Gasteiger partial charge is 0.0472 e. The maximum Gasteiger partial charge on any atom is 0.0472 e. The largest absolute Gasteiger partial charge is 0.344 e. The van der Waals surface area contributed by atoms with Crippen LogP contribution in [-0.2, 0) is 0 Å². The summed E-state index contributed by atoms with van der Waals surface area (Å²) in [6.07, 6.45) is 24.4. The number of alkyl halides is 1. The maximum atomic E-state index is 7.26. The zero-order chi connectivity index (χ0) is 18.8. The first-order valence-electron chi connectivity index (χ1n) is 11.8. The second-order valence-corrected chi connectivity index (χ2v) is 9.22. The van der Waals surface area contributed by atoms with E-state index in [2.05, 4.69) is 27.7 Å². The quantitative estimate of drug-likeness (QED) is 0.173. The van der Waals surface area contributed by atoms with Gasteiger partial charge in [0.25, 0.3) is 0 Å². The van der Waals surface area contributed by atoms with Gasteiger partial charge < -0.3 is 6.15 Å². The van der Waals surface area contributed by atoms with E-state index < -0.39 is 0 Å². The Morgan fingerprint density at radius 1 is 0.577 bits per heavy atom. The summed E-state index contributed by atoms with van der Waals surface area (Å²) in [6.45, 7) is 9.32. The second kappa shape index (κ2) is 20.0. The van der Waals surface area contributed by atoms with E-state index in [0.717, 1.165) is 0 Å². The first-order valence-corrected chi connectivity index (χ1v) is 12.2. The van der Waals surface area contributed by atoms with Crippen LogP contribution in [0.2, 0.25) is 0 Å². The molecule has 0 aliphatic carbocycles. The van der Waals surface area contributed by atoms with Gasteiger partial charge in [-0.25, -0.2) is 0 Å². The van der Waals surface area contributed by atoms with E-state index in [1.807, 2.05) is 0 Å². The van der Waals surface area contributed by atoms with Gasteiger partial charge in [-0.2, -0.15) is 0 Å². The monoisotopic (exact) mass is 389 g/mol. The molecule has 0 fully saturated rings. The predicted molar refractivity (Wildman–Crippen MR) is 123 cm³/mol. The molecular formula is C24H52ClN. The zero-order valence-corrected chi connectivity index (χ0v) is 19.6. The number of hydrogen-bond donors (Lipinski definition) is 1. The van der Waals surface area contributed by atoms with E-state index in [1.54, 1.807) is 0 Å². The van der Waals surface area contributed by atoms with Crippen molar-refractivity contribution in [2.45, 2.75) is 148 Å². The number of hydrogen-bond acceptors (Lipinski definition) is 1. The van der Waals surface area contributed by atoms with Gasteiger partial charge in [0.05, 0.1) is 0 Å². The van der Waals surface area contributed by atoms with Gasteiger partial charge in [-0.05, 0) is 25.2 Å². The lowest BCUT2D eigenvalue weighted by Gasteiger charge is -2.34. The highest BCUT2D eigenvalue weighted by molar-refractivity contribution is 6.24. The van der Waals surface area contributed by atoms with E-state index in [-0.39, 0.29) is 11.0 Å². The molecule has 0 aromatic heterocycles. The van der Waals surface area contributed by atoms with Gasteiger partial charge in [0, 0.05) is 4.87 Å². The molecule has 1 atom stereocenters. The number of rotatable bonds is 19. The van der Waals surface area contributed by atoms with Crippen LogP contribution in [0.25, 0.3) is 0 Å². The molecule has 0 saturated heterocycles. The normalized spacial score (nSPS) is 12.8. The Hall–Kier alpha value is 0.250. The average Bonchev–Trinajstić information content (AvgIpc) is 2.61. The average molecular weight is 390 g/mol. The Labute approximate surface area is 172 Å². The van der Waals surface area contributed by atoms with E-state index in [4.69, 9.17) is 11.6 Å². The zero-order valence-electron chi connectivity index (χ0n) is 18.9. The standard InChI is InChI=1S/C24H49Cl.H3N/c1-5-8-11-14-17-20-23(4)24(25,21-18-15-12-9-6-2)22-19-16-13-10-7-3;/h23H,5-22H2,1-4H3;1H3. The predicted octanol–water partition coefficient (Wildman–Crippen LogP) is 9.84. The van der Waals surface area contributed by atoms with E-state index in [1.165, 1.54) is 116 Å². The van der Waals surface area contributed by atoms with Crippen molar-refractivity contribution in [3.05, 3.63) is 0 Å². The first-order chi connectivity index (χ1) is 12.1. The lowest BCUT2D eigenvalue weighted by atomic mass is 9.81. The van der Waals surface area contributed by atoms with Crippen LogP contribution in [0.1, 0.15) is 143 Å². The molecule has 26 heavy (non-hydrogen) atoms. The fraction of sp³-hybridized carbons (Fsp3) is 1.00. The number of halogens is 1. The van der Waals surface area contributed by atoms with Gasteiger partial charge in [0.2, 0.25) is 0 Å². The molecule has 0 heterocycles. The van der Waals surface area contributed by atoms with Gasteiger partial charge in [-0.15, -0.1) is 11.6 Å². The SMILES string of the molecule is CCCCCCCC(C)C(Cl)(CCCCCCC)CCCCCCC.N. The highest BCUT2D eigenvalue weighted by Gasteiger charge is 2.32. The van der Waals surface area contributed by atoms with Crippen LogP contribution < -0.4 is 6.15 Å². The Morgan fingerprint density at radius 2 is 0.923 bits per heavy atom. The molecule has 3 N–H and O–H groups in total. The summed E-state index contributed by atoms with van der Waals surface area (Å²) in [5.74, 6) is 0.674. The molecule has 0 aromatic carbocycles. The van der Waals surface area contributed by atoms with Crippen molar-refractivity contribution in [2.75, 3.05) is 0 Å².